The van der Waals surface area contributed by atoms with Crippen LogP contribution in [0.5, 0.6) is 0 Å². The van der Waals surface area contributed by atoms with Gasteiger partial charge in [0.15, 0.2) is 0 Å². The molecule has 3 aromatic rings. The average Bonchev–Trinajstić information content (AvgIpc) is 2.77. The van der Waals surface area contributed by atoms with Crippen LogP contribution in [0.3, 0.4) is 0 Å². The molecule has 1 unspecified atom stereocenters. The molecule has 0 saturated heterocycles. The smallest absolute Gasteiger partial charge is 0.418 e. The Morgan fingerprint density at radius 1 is 0.839 bits per heavy atom. The predicted octanol–water partition coefficient (Wildman–Crippen LogP) is 7.03. The maximum absolute atomic E-state index is 13.2. The summed E-state index contributed by atoms with van der Waals surface area (Å²) in [6.07, 6.45) is 2.11. The number of halogens is 4. The number of hydrogen-bond donors (Lipinski definition) is 0. The van der Waals surface area contributed by atoms with E-state index in [0.717, 1.165) is 27.5 Å². The van der Waals surface area contributed by atoms with Crippen LogP contribution >= 0.6 is 0 Å². The molecule has 160 valence electrons. The number of hydrogen-bond acceptors (Lipinski definition) is 1. The number of carbonyl (C=O) groups excluding carboxylic acids is 1. The lowest BCUT2D eigenvalue weighted by atomic mass is 10.0. The molecule has 0 saturated carbocycles. The van der Waals surface area contributed by atoms with Gasteiger partial charge in [0.25, 0.3) is 0 Å². The molecule has 0 amide bonds. The van der Waals surface area contributed by atoms with Gasteiger partial charge in [0.1, 0.15) is 11.5 Å². The molecule has 1 nitrogen and oxygen atoms in total. The number of rotatable bonds is 4. The van der Waals surface area contributed by atoms with E-state index in [9.17, 15) is 22.1 Å². The van der Waals surface area contributed by atoms with Crippen LogP contribution < -0.4 is 0 Å². The molecule has 31 heavy (non-hydrogen) atoms. The van der Waals surface area contributed by atoms with E-state index in [2.05, 4.69) is 43.3 Å². The van der Waals surface area contributed by atoms with Crippen molar-refractivity contribution < 1.29 is 22.1 Å². The lowest BCUT2D eigenvalue weighted by Gasteiger charge is -2.16. The molecular formula is C24H21BF4OS. The summed E-state index contributed by atoms with van der Waals surface area (Å²) >= 11 is 0. The highest BCUT2D eigenvalue weighted by atomic mass is 32.2. The third kappa shape index (κ3) is 6.34. The van der Waals surface area contributed by atoms with Crippen LogP contribution in [0.2, 0.25) is 0 Å². The van der Waals surface area contributed by atoms with E-state index < -0.39 is 7.25 Å². The molecule has 0 aromatic heterocycles. The summed E-state index contributed by atoms with van der Waals surface area (Å²) in [6, 6.07) is 26.7. The van der Waals surface area contributed by atoms with Crippen molar-refractivity contribution in [2.24, 2.45) is 0 Å². The van der Waals surface area contributed by atoms with E-state index in [1.807, 2.05) is 48.5 Å². The second-order valence-corrected chi connectivity index (χ2v) is 9.19. The van der Waals surface area contributed by atoms with Crippen LogP contribution in [0, 0.1) is 0 Å². The molecular weight excluding hydrogens is 423 g/mol. The number of ketones is 1. The minimum absolute atomic E-state index is 0.0111. The van der Waals surface area contributed by atoms with Gasteiger partial charge in [0.2, 0.25) is 10.7 Å². The minimum atomic E-state index is -6.00. The van der Waals surface area contributed by atoms with E-state index >= 15 is 0 Å². The Morgan fingerprint density at radius 2 is 1.39 bits per heavy atom. The van der Waals surface area contributed by atoms with Crippen LogP contribution in [-0.2, 0) is 16.6 Å². The molecule has 0 spiro atoms. The van der Waals surface area contributed by atoms with Gasteiger partial charge < -0.3 is 17.3 Å². The van der Waals surface area contributed by atoms with Crippen molar-refractivity contribution in [2.45, 2.75) is 12.7 Å². The zero-order chi connectivity index (χ0) is 22.4. The quantitative estimate of drug-likeness (QED) is 0.183. The van der Waals surface area contributed by atoms with Crippen molar-refractivity contribution in [2.75, 3.05) is 5.75 Å². The summed E-state index contributed by atoms with van der Waals surface area (Å²) < 4.78 is 39.0. The van der Waals surface area contributed by atoms with Crippen molar-refractivity contribution in [3.05, 3.63) is 100 Å². The molecule has 0 N–H and O–H groups in total. The van der Waals surface area contributed by atoms with Gasteiger partial charge in [-0.25, -0.2) is 0 Å². The van der Waals surface area contributed by atoms with Crippen LogP contribution in [0.4, 0.5) is 17.3 Å². The Hall–Kier alpha value is -2.80. The van der Waals surface area contributed by atoms with Crippen LogP contribution in [-0.4, -0.2) is 18.8 Å². The van der Waals surface area contributed by atoms with Gasteiger partial charge in [-0.3, -0.25) is 4.79 Å². The standard InChI is InChI=1S/C24H21OS.BF4/c1-2-26-17-22-11-7-6-10-21(22)16-23(26)24(25)20-14-12-19(13-15-20)18-8-4-3-5-9-18;2-1(3,4)5/h3-16H,2,17H2,1H3;/q+1;-1. The topological polar surface area (TPSA) is 17.1 Å². The van der Waals surface area contributed by atoms with Crippen LogP contribution in [0.1, 0.15) is 28.4 Å². The third-order valence-corrected chi connectivity index (χ3v) is 7.09. The first-order chi connectivity index (χ1) is 14.8. The van der Waals surface area contributed by atoms with Crippen molar-refractivity contribution in [1.82, 2.24) is 0 Å². The Bertz CT molecular complexity index is 1060. The zero-order valence-electron chi connectivity index (χ0n) is 16.9. The normalized spacial score (nSPS) is 15.3. The molecule has 7 heteroatoms. The van der Waals surface area contributed by atoms with Gasteiger partial charge in [-0.2, -0.15) is 0 Å². The second kappa shape index (κ2) is 10.0. The van der Waals surface area contributed by atoms with Gasteiger partial charge >= 0.3 is 7.25 Å². The summed E-state index contributed by atoms with van der Waals surface area (Å²) in [5.41, 5.74) is 5.63. The molecule has 4 rings (SSSR count). The predicted molar refractivity (Wildman–Crippen MR) is 122 cm³/mol. The van der Waals surface area contributed by atoms with E-state index in [1.165, 1.54) is 16.7 Å². The number of allylic oxidation sites excluding steroid dienone is 1. The zero-order valence-corrected chi connectivity index (χ0v) is 17.7. The summed E-state index contributed by atoms with van der Waals surface area (Å²) in [4.78, 5) is 14.1. The molecule has 0 fully saturated rings. The highest BCUT2D eigenvalue weighted by Gasteiger charge is 2.34. The van der Waals surface area contributed by atoms with Gasteiger partial charge in [-0.15, -0.1) is 0 Å². The lowest BCUT2D eigenvalue weighted by Crippen LogP contribution is -2.21. The summed E-state index contributed by atoms with van der Waals surface area (Å²) in [5.74, 6) is 2.16. The van der Waals surface area contributed by atoms with Crippen molar-refractivity contribution >= 4 is 30.0 Å². The van der Waals surface area contributed by atoms with Crippen molar-refractivity contribution in [1.29, 1.82) is 0 Å². The molecule has 1 atom stereocenters. The van der Waals surface area contributed by atoms with Crippen LogP contribution in [0.25, 0.3) is 17.2 Å². The molecule has 1 aliphatic rings. The maximum atomic E-state index is 13.2. The van der Waals surface area contributed by atoms with Gasteiger partial charge in [0, 0.05) is 28.1 Å². The van der Waals surface area contributed by atoms with E-state index in [-0.39, 0.29) is 16.7 Å². The van der Waals surface area contributed by atoms with Crippen LogP contribution in [0.15, 0.2) is 83.8 Å². The summed E-state index contributed by atoms with van der Waals surface area (Å²) in [5, 5.41) is 0. The third-order valence-electron chi connectivity index (χ3n) is 4.81. The largest absolute Gasteiger partial charge is 0.673 e. The Morgan fingerprint density at radius 3 is 2.00 bits per heavy atom. The summed E-state index contributed by atoms with van der Waals surface area (Å²) in [7, 11) is -6.01. The monoisotopic (exact) mass is 444 g/mol. The lowest BCUT2D eigenvalue weighted by molar-refractivity contribution is 0.104. The summed E-state index contributed by atoms with van der Waals surface area (Å²) in [6.45, 7) is 2.18. The maximum Gasteiger partial charge on any atom is 0.673 e. The van der Waals surface area contributed by atoms with E-state index in [1.54, 1.807) is 0 Å². The second-order valence-electron chi connectivity index (χ2n) is 6.90. The Kier molecular flexibility index (Phi) is 7.39. The number of Topliss-reactive ketones (excluding diaryl/α,β-unsaturated/α-hetero) is 1. The highest BCUT2D eigenvalue weighted by Crippen LogP contribution is 2.31. The first-order valence-electron chi connectivity index (χ1n) is 9.81. The first kappa shape index (κ1) is 22.9. The fraction of sp³-hybridized carbons (Fsp3) is 0.125. The fourth-order valence-electron chi connectivity index (χ4n) is 3.34. The Balaban J connectivity index is 0.000000491. The van der Waals surface area contributed by atoms with E-state index in [0.29, 0.717) is 0 Å². The van der Waals surface area contributed by atoms with Crippen molar-refractivity contribution in [3.63, 3.8) is 0 Å². The molecule has 0 bridgehead atoms. The molecule has 3 aromatic carbocycles. The van der Waals surface area contributed by atoms with Gasteiger partial charge in [-0.05, 0) is 23.6 Å². The number of fused-ring (bicyclic) bond motifs is 1. The molecule has 0 aliphatic carbocycles. The molecule has 1 aliphatic heterocycles. The fourth-order valence-corrected chi connectivity index (χ4v) is 5.32. The van der Waals surface area contributed by atoms with Crippen molar-refractivity contribution in [3.8, 4) is 11.1 Å². The van der Waals surface area contributed by atoms with E-state index in [4.69, 9.17) is 0 Å². The number of carbonyl (C=O) groups is 1. The molecule has 0 radical (unpaired) electrons. The first-order valence-corrected chi connectivity index (χ1v) is 11.4. The average molecular weight is 444 g/mol. The molecule has 1 heterocycles. The Labute approximate surface area is 182 Å². The number of benzene rings is 3. The SMILES string of the molecule is CC[S+]1Cc2ccccc2C=C1C(=O)c1ccc(-c2ccccc2)cc1.F[B-](F)(F)F. The van der Waals surface area contributed by atoms with Gasteiger partial charge in [-0.1, -0.05) is 78.9 Å². The minimum Gasteiger partial charge on any atom is -0.418 e. The van der Waals surface area contributed by atoms with Gasteiger partial charge in [0.05, 0.1) is 0 Å². The highest BCUT2D eigenvalue weighted by molar-refractivity contribution is 8.01.